The molecule has 0 saturated carbocycles. The fourth-order valence-electron chi connectivity index (χ4n) is 1.67. The van der Waals surface area contributed by atoms with Crippen LogP contribution in [0.15, 0.2) is 24.4 Å². The van der Waals surface area contributed by atoms with Crippen molar-refractivity contribution >= 4 is 23.2 Å². The summed E-state index contributed by atoms with van der Waals surface area (Å²) < 4.78 is 6.38. The summed E-state index contributed by atoms with van der Waals surface area (Å²) in [6.07, 6.45) is 0.799. The number of rotatable bonds is 5. The summed E-state index contributed by atoms with van der Waals surface area (Å²) in [5.41, 5.74) is 0.969. The van der Waals surface area contributed by atoms with Crippen LogP contribution in [0, 0.1) is 0 Å². The number of aliphatic hydroxyl groups excluding tert-OH is 1. The standard InChI is InChI=1S/C13H15ClN4O3/c1-8(19)11-6-18(17-16-11)7-13(20)15-9-3-4-12(21-2)10(14)5-9/h3-6,8,19H,7H2,1-2H3,(H,15,20). The number of carbonyl (C=O) groups is 1. The van der Waals surface area contributed by atoms with Crippen LogP contribution in [0.4, 0.5) is 5.69 Å². The number of nitrogens with one attached hydrogen (secondary N) is 1. The molecule has 21 heavy (non-hydrogen) atoms. The normalized spacial score (nSPS) is 12.0. The van der Waals surface area contributed by atoms with Gasteiger partial charge in [-0.15, -0.1) is 5.10 Å². The molecule has 0 bridgehead atoms. The molecule has 7 nitrogen and oxygen atoms in total. The van der Waals surface area contributed by atoms with Crippen molar-refractivity contribution in [3.05, 3.63) is 35.1 Å². The van der Waals surface area contributed by atoms with Crippen molar-refractivity contribution in [2.24, 2.45) is 0 Å². The Labute approximate surface area is 126 Å². The van der Waals surface area contributed by atoms with Crippen LogP contribution in [0.1, 0.15) is 18.7 Å². The van der Waals surface area contributed by atoms with E-state index in [-0.39, 0.29) is 12.5 Å². The van der Waals surface area contributed by atoms with Crippen molar-refractivity contribution in [3.63, 3.8) is 0 Å². The van der Waals surface area contributed by atoms with Crippen LogP contribution in [-0.2, 0) is 11.3 Å². The number of methoxy groups -OCH3 is 1. The highest BCUT2D eigenvalue weighted by atomic mass is 35.5. The van der Waals surface area contributed by atoms with E-state index in [1.54, 1.807) is 25.1 Å². The molecule has 0 aliphatic carbocycles. The zero-order valence-electron chi connectivity index (χ0n) is 11.6. The summed E-state index contributed by atoms with van der Waals surface area (Å²) in [4.78, 5) is 11.9. The Morgan fingerprint density at radius 1 is 1.57 bits per heavy atom. The van der Waals surface area contributed by atoms with Gasteiger partial charge >= 0.3 is 0 Å². The molecule has 1 aromatic carbocycles. The number of ether oxygens (including phenoxy) is 1. The summed E-state index contributed by atoms with van der Waals surface area (Å²) in [5, 5.41) is 20.0. The van der Waals surface area contributed by atoms with E-state index in [2.05, 4.69) is 15.6 Å². The Kier molecular flexibility index (Phi) is 4.77. The predicted octanol–water partition coefficient (Wildman–Crippen LogP) is 1.63. The number of benzene rings is 1. The van der Waals surface area contributed by atoms with E-state index in [9.17, 15) is 9.90 Å². The minimum Gasteiger partial charge on any atom is -0.495 e. The van der Waals surface area contributed by atoms with Crippen LogP contribution in [0.3, 0.4) is 0 Å². The fourth-order valence-corrected chi connectivity index (χ4v) is 1.93. The van der Waals surface area contributed by atoms with Crippen LogP contribution in [0.25, 0.3) is 0 Å². The molecule has 112 valence electrons. The maximum absolute atomic E-state index is 11.9. The molecule has 2 rings (SSSR count). The molecular formula is C13H15ClN4O3. The Morgan fingerprint density at radius 3 is 2.90 bits per heavy atom. The molecule has 0 aliphatic heterocycles. The largest absolute Gasteiger partial charge is 0.495 e. The van der Waals surface area contributed by atoms with Gasteiger partial charge in [0.15, 0.2) is 0 Å². The average molecular weight is 311 g/mol. The average Bonchev–Trinajstić information content (AvgIpc) is 2.87. The lowest BCUT2D eigenvalue weighted by atomic mass is 10.3. The number of hydrogen-bond donors (Lipinski definition) is 2. The van der Waals surface area contributed by atoms with E-state index < -0.39 is 6.10 Å². The van der Waals surface area contributed by atoms with Crippen LogP contribution in [0.5, 0.6) is 5.75 Å². The second-order valence-corrected chi connectivity index (χ2v) is 4.82. The third-order valence-electron chi connectivity index (χ3n) is 2.73. The van der Waals surface area contributed by atoms with Gasteiger partial charge in [-0.1, -0.05) is 16.8 Å². The highest BCUT2D eigenvalue weighted by molar-refractivity contribution is 6.32. The Bertz CT molecular complexity index is 642. The van der Waals surface area contributed by atoms with Gasteiger partial charge in [-0.3, -0.25) is 4.79 Å². The molecule has 0 spiro atoms. The smallest absolute Gasteiger partial charge is 0.246 e. The van der Waals surface area contributed by atoms with Gasteiger partial charge in [0.2, 0.25) is 5.91 Å². The Morgan fingerprint density at radius 2 is 2.33 bits per heavy atom. The molecule has 1 atom stereocenters. The van der Waals surface area contributed by atoms with E-state index in [1.165, 1.54) is 18.0 Å². The number of aliphatic hydroxyl groups is 1. The zero-order valence-corrected chi connectivity index (χ0v) is 12.3. The third kappa shape index (κ3) is 3.93. The van der Waals surface area contributed by atoms with Gasteiger partial charge in [-0.05, 0) is 25.1 Å². The highest BCUT2D eigenvalue weighted by Crippen LogP contribution is 2.27. The summed E-state index contributed by atoms with van der Waals surface area (Å²) in [7, 11) is 1.52. The van der Waals surface area contributed by atoms with Gasteiger partial charge in [0.25, 0.3) is 0 Å². The van der Waals surface area contributed by atoms with Crippen LogP contribution in [-0.4, -0.2) is 33.1 Å². The topological polar surface area (TPSA) is 89.3 Å². The highest BCUT2D eigenvalue weighted by Gasteiger charge is 2.10. The quantitative estimate of drug-likeness (QED) is 0.876. The first-order chi connectivity index (χ1) is 9.99. The van der Waals surface area contributed by atoms with Gasteiger partial charge in [-0.2, -0.15) is 0 Å². The number of anilines is 1. The van der Waals surface area contributed by atoms with Crippen molar-refractivity contribution in [2.75, 3.05) is 12.4 Å². The Balaban J connectivity index is 1.99. The number of halogens is 1. The van der Waals surface area contributed by atoms with Gasteiger partial charge in [0, 0.05) is 5.69 Å². The predicted molar refractivity (Wildman–Crippen MR) is 77.3 cm³/mol. The lowest BCUT2D eigenvalue weighted by Gasteiger charge is -2.07. The molecule has 0 fully saturated rings. The van der Waals surface area contributed by atoms with Gasteiger partial charge < -0.3 is 15.2 Å². The summed E-state index contributed by atoms with van der Waals surface area (Å²) >= 11 is 5.98. The lowest BCUT2D eigenvalue weighted by Crippen LogP contribution is -2.19. The second-order valence-electron chi connectivity index (χ2n) is 4.41. The first kappa shape index (κ1) is 15.3. The van der Waals surface area contributed by atoms with Crippen molar-refractivity contribution in [1.29, 1.82) is 0 Å². The molecule has 2 N–H and O–H groups in total. The summed E-state index contributed by atoms with van der Waals surface area (Å²) in [6, 6.07) is 4.95. The van der Waals surface area contributed by atoms with E-state index in [4.69, 9.17) is 16.3 Å². The molecule has 1 aromatic heterocycles. The monoisotopic (exact) mass is 310 g/mol. The molecule has 2 aromatic rings. The van der Waals surface area contributed by atoms with Crippen molar-refractivity contribution in [1.82, 2.24) is 15.0 Å². The number of nitrogens with zero attached hydrogens (tertiary/aromatic N) is 3. The summed E-state index contributed by atoms with van der Waals surface area (Å²) in [5.74, 6) is 0.255. The molecule has 1 unspecified atom stereocenters. The Hall–Kier alpha value is -2.12. The van der Waals surface area contributed by atoms with Crippen molar-refractivity contribution in [3.8, 4) is 5.75 Å². The third-order valence-corrected chi connectivity index (χ3v) is 3.02. The van der Waals surface area contributed by atoms with Gasteiger partial charge in [0.1, 0.15) is 18.0 Å². The van der Waals surface area contributed by atoms with E-state index in [0.717, 1.165) is 0 Å². The minimum atomic E-state index is -0.720. The van der Waals surface area contributed by atoms with E-state index in [0.29, 0.717) is 22.2 Å². The fraction of sp³-hybridized carbons (Fsp3) is 0.308. The van der Waals surface area contributed by atoms with Crippen LogP contribution >= 0.6 is 11.6 Å². The molecule has 0 radical (unpaired) electrons. The minimum absolute atomic E-state index is 0.0105. The van der Waals surface area contributed by atoms with Gasteiger partial charge in [0.05, 0.1) is 24.4 Å². The van der Waals surface area contributed by atoms with Gasteiger partial charge in [-0.25, -0.2) is 4.68 Å². The maximum atomic E-state index is 11.9. The maximum Gasteiger partial charge on any atom is 0.246 e. The second kappa shape index (κ2) is 6.55. The number of aromatic nitrogens is 3. The number of carbonyl (C=O) groups excluding carboxylic acids is 1. The summed E-state index contributed by atoms with van der Waals surface area (Å²) in [6.45, 7) is 1.57. The SMILES string of the molecule is COc1ccc(NC(=O)Cn2cc(C(C)O)nn2)cc1Cl. The molecule has 1 heterocycles. The molecular weight excluding hydrogens is 296 g/mol. The number of hydrogen-bond acceptors (Lipinski definition) is 5. The van der Waals surface area contributed by atoms with Crippen molar-refractivity contribution in [2.45, 2.75) is 19.6 Å². The molecule has 1 amide bonds. The molecule has 0 saturated heterocycles. The first-order valence-corrected chi connectivity index (χ1v) is 6.59. The zero-order chi connectivity index (χ0) is 15.4. The van der Waals surface area contributed by atoms with E-state index >= 15 is 0 Å². The molecule has 0 aliphatic rings. The van der Waals surface area contributed by atoms with E-state index in [1.807, 2.05) is 0 Å². The van der Waals surface area contributed by atoms with Crippen LogP contribution in [0.2, 0.25) is 5.02 Å². The molecule has 8 heteroatoms. The lowest BCUT2D eigenvalue weighted by molar-refractivity contribution is -0.116. The first-order valence-electron chi connectivity index (χ1n) is 6.21. The number of amides is 1. The van der Waals surface area contributed by atoms with Crippen molar-refractivity contribution < 1.29 is 14.6 Å². The van der Waals surface area contributed by atoms with Crippen LogP contribution < -0.4 is 10.1 Å².